The molecule has 1 heterocycles. The highest BCUT2D eigenvalue weighted by molar-refractivity contribution is 6.43. The van der Waals surface area contributed by atoms with Crippen LogP contribution in [0.4, 0.5) is 0 Å². The molecule has 43 valence electrons. The molecule has 0 aliphatic heterocycles. The summed E-state index contributed by atoms with van der Waals surface area (Å²) in [7, 11) is 1.41. The van der Waals surface area contributed by atoms with Crippen LogP contribution in [0.25, 0.3) is 0 Å². The van der Waals surface area contributed by atoms with Crippen LogP contribution in [0.15, 0.2) is 12.5 Å². The highest BCUT2D eigenvalue weighted by atomic mass is 15.0. The summed E-state index contributed by atoms with van der Waals surface area (Å²) < 4.78 is 1.67. The molecule has 0 atom stereocenters. The van der Waals surface area contributed by atoms with E-state index < -0.39 is 0 Å². The zero-order valence-corrected chi connectivity index (χ0v) is 5.07. The van der Waals surface area contributed by atoms with Crippen molar-refractivity contribution in [2.45, 2.75) is 6.92 Å². The Morgan fingerprint density at radius 1 is 1.89 bits per heavy atom. The van der Waals surface area contributed by atoms with E-state index in [2.05, 4.69) is 4.98 Å². The lowest BCUT2D eigenvalue weighted by atomic mass is 9.98. The maximum Gasteiger partial charge on any atom is 0.392 e. The van der Waals surface area contributed by atoms with E-state index in [0.717, 1.165) is 5.69 Å². The monoisotopic (exact) mass is 118 g/mol. The lowest BCUT2D eigenvalue weighted by Gasteiger charge is -1.91. The number of rotatable bonds is 1. The van der Waals surface area contributed by atoms with Crippen LogP contribution in [-0.4, -0.2) is 16.9 Å². The maximum absolute atomic E-state index is 8.21. The smallest absolute Gasteiger partial charge is 0.369 e. The van der Waals surface area contributed by atoms with Gasteiger partial charge >= 0.3 is 7.41 Å². The number of aromatic nitrogens is 2. The van der Waals surface area contributed by atoms with Crippen LogP contribution >= 0.6 is 0 Å². The summed E-state index contributed by atoms with van der Waals surface area (Å²) >= 11 is 0. The molecule has 0 saturated carbocycles. The normalized spacial score (nSPS) is 8.44. The fraction of sp³-hybridized carbons (Fsp3) is 0.200. The van der Waals surface area contributed by atoms with E-state index in [4.69, 9.17) is 5.26 Å². The van der Waals surface area contributed by atoms with Crippen molar-refractivity contribution in [3.05, 3.63) is 18.2 Å². The predicted molar refractivity (Wildman–Crippen MR) is 33.7 cm³/mol. The van der Waals surface area contributed by atoms with Crippen LogP contribution < -0.4 is 0 Å². The number of nitrogens with zero attached hydrogens (tertiary/aromatic N) is 3. The van der Waals surface area contributed by atoms with Gasteiger partial charge in [0.1, 0.15) is 0 Å². The molecule has 9 heavy (non-hydrogen) atoms. The largest absolute Gasteiger partial charge is 0.392 e. The van der Waals surface area contributed by atoms with Gasteiger partial charge in [-0.15, -0.1) is 0 Å². The molecule has 3 nitrogen and oxygen atoms in total. The first-order valence-electron chi connectivity index (χ1n) is 2.56. The second kappa shape index (κ2) is 2.36. The second-order valence-electron chi connectivity index (χ2n) is 1.70. The first-order valence-corrected chi connectivity index (χ1v) is 2.56. The van der Waals surface area contributed by atoms with E-state index in [0.29, 0.717) is 0 Å². The molecule has 0 aliphatic carbocycles. The molecule has 0 unspecified atom stereocenters. The maximum atomic E-state index is 8.21. The topological polar surface area (TPSA) is 41.6 Å². The molecule has 0 spiro atoms. The van der Waals surface area contributed by atoms with Gasteiger partial charge in [0.2, 0.25) is 0 Å². The molecular weight excluding hydrogens is 113 g/mol. The van der Waals surface area contributed by atoms with Crippen LogP contribution in [0.1, 0.15) is 5.69 Å². The van der Waals surface area contributed by atoms with Crippen molar-refractivity contribution in [3.63, 3.8) is 0 Å². The third-order valence-corrected chi connectivity index (χ3v) is 1.06. The van der Waals surface area contributed by atoms with E-state index in [1.54, 1.807) is 17.0 Å². The van der Waals surface area contributed by atoms with E-state index in [9.17, 15) is 0 Å². The Morgan fingerprint density at radius 3 is 3.11 bits per heavy atom. The Hall–Kier alpha value is -1.24. The molecule has 0 fully saturated rings. The molecule has 0 aromatic carbocycles. The van der Waals surface area contributed by atoms with Gasteiger partial charge in [0, 0.05) is 17.9 Å². The lowest BCUT2D eigenvalue weighted by molar-refractivity contribution is 1.13. The highest BCUT2D eigenvalue weighted by Gasteiger charge is 1.94. The molecule has 0 N–H and O–H groups in total. The Bertz CT molecular complexity index is 235. The fourth-order valence-corrected chi connectivity index (χ4v) is 0.568. The summed E-state index contributed by atoms with van der Waals surface area (Å²) in [6.45, 7) is 1.89. The Balaban J connectivity index is 2.84. The molecule has 1 rings (SSSR count). The standard InChI is InChI=1S/C5H5BN3/c1-5-2-8-4-9(5)6-3-7/h2,4H,1H3. The van der Waals surface area contributed by atoms with Crippen molar-refractivity contribution in [2.24, 2.45) is 0 Å². The number of hydrogen-bond donors (Lipinski definition) is 0. The van der Waals surface area contributed by atoms with Crippen molar-refractivity contribution in [3.8, 4) is 5.97 Å². The molecule has 0 saturated heterocycles. The van der Waals surface area contributed by atoms with Crippen molar-refractivity contribution < 1.29 is 0 Å². The minimum absolute atomic E-state index is 0.969. The van der Waals surface area contributed by atoms with Gasteiger partial charge in [-0.2, -0.15) is 0 Å². The molecule has 0 amide bonds. The second-order valence-corrected chi connectivity index (χ2v) is 1.70. The van der Waals surface area contributed by atoms with Gasteiger partial charge in [-0.1, -0.05) is 0 Å². The van der Waals surface area contributed by atoms with Crippen molar-refractivity contribution in [1.29, 1.82) is 5.26 Å². The van der Waals surface area contributed by atoms with E-state index in [1.807, 2.05) is 12.9 Å². The molecule has 0 aliphatic rings. The fourth-order valence-electron chi connectivity index (χ4n) is 0.568. The Kier molecular flexibility index (Phi) is 1.54. The van der Waals surface area contributed by atoms with Gasteiger partial charge in [0.15, 0.2) is 0 Å². The van der Waals surface area contributed by atoms with Crippen molar-refractivity contribution in [2.75, 3.05) is 0 Å². The summed E-state index contributed by atoms with van der Waals surface area (Å²) in [5.41, 5.74) is 0.969. The number of nitriles is 1. The minimum Gasteiger partial charge on any atom is -0.369 e. The highest BCUT2D eigenvalue weighted by Crippen LogP contribution is 1.90. The average molecular weight is 118 g/mol. The first kappa shape index (κ1) is 5.89. The molecule has 1 aromatic heterocycles. The van der Waals surface area contributed by atoms with Crippen LogP contribution in [0.2, 0.25) is 0 Å². The third-order valence-electron chi connectivity index (χ3n) is 1.06. The first-order chi connectivity index (χ1) is 4.34. The third kappa shape index (κ3) is 1.11. The summed E-state index contributed by atoms with van der Waals surface area (Å²) in [6.07, 6.45) is 3.30. The summed E-state index contributed by atoms with van der Waals surface area (Å²) in [4.78, 5) is 3.82. The number of imidazole rings is 1. The van der Waals surface area contributed by atoms with Crippen LogP contribution in [0, 0.1) is 18.2 Å². The Labute approximate surface area is 54.2 Å². The predicted octanol–water partition coefficient (Wildman–Crippen LogP) is 0.140. The van der Waals surface area contributed by atoms with E-state index in [-0.39, 0.29) is 0 Å². The Morgan fingerprint density at radius 2 is 2.67 bits per heavy atom. The van der Waals surface area contributed by atoms with Gasteiger partial charge < -0.3 is 4.48 Å². The SMILES string of the molecule is Cc1cncn1[B]C#N. The molecule has 0 bridgehead atoms. The van der Waals surface area contributed by atoms with Gasteiger partial charge in [-0.3, -0.25) is 0 Å². The molecular formula is C5H5BN3. The quantitative estimate of drug-likeness (QED) is 0.492. The van der Waals surface area contributed by atoms with Crippen LogP contribution in [-0.2, 0) is 0 Å². The van der Waals surface area contributed by atoms with Gasteiger partial charge in [-0.05, 0) is 6.92 Å². The number of hydrogen-bond acceptors (Lipinski definition) is 2. The van der Waals surface area contributed by atoms with Crippen molar-refractivity contribution >= 4 is 7.41 Å². The molecule has 4 heteroatoms. The van der Waals surface area contributed by atoms with E-state index in [1.165, 1.54) is 7.41 Å². The van der Waals surface area contributed by atoms with Gasteiger partial charge in [0.25, 0.3) is 0 Å². The summed E-state index contributed by atoms with van der Waals surface area (Å²) in [5.74, 6) is 1.91. The van der Waals surface area contributed by atoms with Gasteiger partial charge in [-0.25, -0.2) is 10.2 Å². The van der Waals surface area contributed by atoms with Crippen LogP contribution in [0.3, 0.4) is 0 Å². The van der Waals surface area contributed by atoms with Gasteiger partial charge in [0.05, 0.1) is 6.33 Å². The zero-order valence-electron chi connectivity index (χ0n) is 5.07. The van der Waals surface area contributed by atoms with Crippen molar-refractivity contribution in [1.82, 2.24) is 9.46 Å². The van der Waals surface area contributed by atoms with E-state index >= 15 is 0 Å². The molecule has 1 aromatic rings. The summed E-state index contributed by atoms with van der Waals surface area (Å²) in [6, 6.07) is 0. The zero-order chi connectivity index (χ0) is 6.69. The lowest BCUT2D eigenvalue weighted by Crippen LogP contribution is -2.03. The minimum atomic E-state index is 0.969. The summed E-state index contributed by atoms with van der Waals surface area (Å²) in [5, 5.41) is 8.21. The molecule has 1 radical (unpaired) electrons. The van der Waals surface area contributed by atoms with Crippen LogP contribution in [0.5, 0.6) is 0 Å². The average Bonchev–Trinajstić information content (AvgIpc) is 2.18. The number of aryl methyl sites for hydroxylation is 1.